The van der Waals surface area contributed by atoms with Gasteiger partial charge < -0.3 is 10.4 Å². The minimum Gasteiger partial charge on any atom is -0.481 e. The second kappa shape index (κ2) is 9.65. The summed E-state index contributed by atoms with van der Waals surface area (Å²) in [7, 11) is 0. The smallest absolute Gasteiger partial charge is 0.305 e. The lowest BCUT2D eigenvalue weighted by molar-refractivity contribution is -0.137. The fraction of sp³-hybridized carbons (Fsp3) is 0.269. The molecule has 4 aromatic rings. The standard InChI is InChI=1S/C26H24Cl2N4O2/c27-20-11-18(12-21(28)13-20)24(14-25(33)34)32-23-8-4-16(10-19(23)15-30-32)3-6-22-7-5-17-2-1-9-29-26(17)31-22/h4-5,7-8,10-13,15,24H,1-3,6,9,14H2,(H,29,31)(H,33,34). The Morgan fingerprint density at radius 1 is 1.09 bits per heavy atom. The number of aromatic nitrogens is 3. The molecule has 1 aliphatic heterocycles. The normalized spacial score (nSPS) is 13.9. The fourth-order valence-corrected chi connectivity index (χ4v) is 5.11. The number of halogens is 2. The Kier molecular flexibility index (Phi) is 6.44. The van der Waals surface area contributed by atoms with Gasteiger partial charge in [0.25, 0.3) is 0 Å². The van der Waals surface area contributed by atoms with E-state index in [-0.39, 0.29) is 6.42 Å². The maximum Gasteiger partial charge on any atom is 0.305 e. The lowest BCUT2D eigenvalue weighted by Gasteiger charge is -2.18. The van der Waals surface area contributed by atoms with Crippen LogP contribution in [0.15, 0.2) is 54.7 Å². The molecule has 8 heteroatoms. The number of benzene rings is 2. The summed E-state index contributed by atoms with van der Waals surface area (Å²) in [5.74, 6) is 0.0967. The third-order valence-corrected chi connectivity index (χ3v) is 6.65. The van der Waals surface area contributed by atoms with Crippen LogP contribution < -0.4 is 5.32 Å². The number of nitrogens with zero attached hydrogens (tertiary/aromatic N) is 3. The largest absolute Gasteiger partial charge is 0.481 e. The second-order valence-corrected chi connectivity index (χ2v) is 9.51. The van der Waals surface area contributed by atoms with Gasteiger partial charge in [-0.25, -0.2) is 4.98 Å². The molecule has 0 aliphatic carbocycles. The van der Waals surface area contributed by atoms with Crippen molar-refractivity contribution in [3.05, 3.63) is 87.2 Å². The van der Waals surface area contributed by atoms with Crippen molar-refractivity contribution >= 4 is 45.9 Å². The van der Waals surface area contributed by atoms with Crippen molar-refractivity contribution in [3.8, 4) is 0 Å². The number of carboxylic acid groups (broad SMARTS) is 1. The van der Waals surface area contributed by atoms with Gasteiger partial charge in [-0.1, -0.05) is 35.3 Å². The first-order chi connectivity index (χ1) is 16.5. The topological polar surface area (TPSA) is 80.0 Å². The molecule has 3 heterocycles. The molecule has 0 saturated heterocycles. The SMILES string of the molecule is O=C(O)CC(c1cc(Cl)cc(Cl)c1)n1ncc2cc(CCc3ccc4c(n3)NCCC4)ccc21. The zero-order valence-electron chi connectivity index (χ0n) is 18.5. The van der Waals surface area contributed by atoms with Gasteiger partial charge in [-0.15, -0.1) is 0 Å². The van der Waals surface area contributed by atoms with E-state index in [0.29, 0.717) is 15.6 Å². The molecular formula is C26H24Cl2N4O2. The van der Waals surface area contributed by atoms with Crippen molar-refractivity contribution in [2.75, 3.05) is 11.9 Å². The Morgan fingerprint density at radius 2 is 1.91 bits per heavy atom. The van der Waals surface area contributed by atoms with Crippen molar-refractivity contribution < 1.29 is 9.90 Å². The van der Waals surface area contributed by atoms with Gasteiger partial charge in [-0.3, -0.25) is 9.48 Å². The van der Waals surface area contributed by atoms with Gasteiger partial charge in [0.1, 0.15) is 5.82 Å². The number of carboxylic acids is 1. The van der Waals surface area contributed by atoms with Crippen molar-refractivity contribution in [3.63, 3.8) is 0 Å². The summed E-state index contributed by atoms with van der Waals surface area (Å²) in [5, 5.41) is 19.3. The summed E-state index contributed by atoms with van der Waals surface area (Å²) in [4.78, 5) is 16.4. The maximum atomic E-state index is 11.6. The van der Waals surface area contributed by atoms with Crippen LogP contribution in [0.25, 0.3) is 10.9 Å². The molecule has 0 fully saturated rings. The molecular weight excluding hydrogens is 471 g/mol. The third kappa shape index (κ3) is 4.88. The number of aliphatic carboxylic acids is 1. The van der Waals surface area contributed by atoms with Gasteiger partial charge in [0.15, 0.2) is 0 Å². The van der Waals surface area contributed by atoms with Crippen LogP contribution in [0.2, 0.25) is 10.0 Å². The first-order valence-electron chi connectivity index (χ1n) is 11.3. The fourth-order valence-electron chi connectivity index (χ4n) is 4.57. The van der Waals surface area contributed by atoms with Gasteiger partial charge in [0.05, 0.1) is 24.2 Å². The number of pyridine rings is 1. The molecule has 1 atom stereocenters. The average Bonchev–Trinajstić information content (AvgIpc) is 3.23. The third-order valence-electron chi connectivity index (χ3n) is 6.21. The summed E-state index contributed by atoms with van der Waals surface area (Å²) >= 11 is 12.4. The van der Waals surface area contributed by atoms with E-state index in [4.69, 9.17) is 28.2 Å². The Balaban J connectivity index is 1.39. The van der Waals surface area contributed by atoms with Crippen LogP contribution in [0.4, 0.5) is 5.82 Å². The van der Waals surface area contributed by atoms with Crippen LogP contribution in [0.5, 0.6) is 0 Å². The summed E-state index contributed by atoms with van der Waals surface area (Å²) in [6, 6.07) is 15.1. The van der Waals surface area contributed by atoms with Crippen molar-refractivity contribution in [1.29, 1.82) is 0 Å². The number of hydrogen-bond donors (Lipinski definition) is 2. The first kappa shape index (κ1) is 22.7. The van der Waals surface area contributed by atoms with Crippen molar-refractivity contribution in [2.45, 2.75) is 38.1 Å². The monoisotopic (exact) mass is 494 g/mol. The molecule has 1 unspecified atom stereocenters. The van der Waals surface area contributed by atoms with E-state index in [2.05, 4.69) is 34.7 Å². The summed E-state index contributed by atoms with van der Waals surface area (Å²) in [6.45, 7) is 0.981. The average molecular weight is 495 g/mol. The summed E-state index contributed by atoms with van der Waals surface area (Å²) in [6.07, 6.45) is 5.58. The number of carbonyl (C=O) groups is 1. The maximum absolute atomic E-state index is 11.6. The zero-order valence-corrected chi connectivity index (χ0v) is 20.0. The number of nitrogens with one attached hydrogen (secondary N) is 1. The molecule has 0 radical (unpaired) electrons. The molecule has 5 rings (SSSR count). The number of rotatable bonds is 7. The number of aryl methyl sites for hydroxylation is 3. The highest BCUT2D eigenvalue weighted by atomic mass is 35.5. The van der Waals surface area contributed by atoms with Crippen LogP contribution >= 0.6 is 23.2 Å². The van der Waals surface area contributed by atoms with E-state index < -0.39 is 12.0 Å². The summed E-state index contributed by atoms with van der Waals surface area (Å²) in [5.41, 5.74) is 5.12. The number of anilines is 1. The minimum atomic E-state index is -0.923. The molecule has 2 aromatic carbocycles. The quantitative estimate of drug-likeness (QED) is 0.332. The van der Waals surface area contributed by atoms with Crippen molar-refractivity contribution in [1.82, 2.24) is 14.8 Å². The van der Waals surface area contributed by atoms with Crippen LogP contribution in [0.1, 0.15) is 41.3 Å². The Hall–Kier alpha value is -3.09. The molecule has 6 nitrogen and oxygen atoms in total. The molecule has 2 aromatic heterocycles. The molecule has 0 amide bonds. The minimum absolute atomic E-state index is 0.132. The Bertz CT molecular complexity index is 1350. The molecule has 2 N–H and O–H groups in total. The summed E-state index contributed by atoms with van der Waals surface area (Å²) < 4.78 is 1.74. The molecule has 0 spiro atoms. The number of hydrogen-bond acceptors (Lipinski definition) is 4. The predicted molar refractivity (Wildman–Crippen MR) is 135 cm³/mol. The predicted octanol–water partition coefficient (Wildman–Crippen LogP) is 5.95. The van der Waals surface area contributed by atoms with Crippen molar-refractivity contribution in [2.24, 2.45) is 0 Å². The molecule has 0 bridgehead atoms. The van der Waals surface area contributed by atoms with Gasteiger partial charge in [-0.05, 0) is 78.8 Å². The number of fused-ring (bicyclic) bond motifs is 2. The van der Waals surface area contributed by atoms with Crippen LogP contribution in [0, 0.1) is 0 Å². The van der Waals surface area contributed by atoms with Crippen LogP contribution in [0.3, 0.4) is 0 Å². The van der Waals surface area contributed by atoms with Crippen LogP contribution in [-0.4, -0.2) is 32.4 Å². The lowest BCUT2D eigenvalue weighted by Crippen LogP contribution is -2.16. The molecule has 174 valence electrons. The highest BCUT2D eigenvalue weighted by Gasteiger charge is 2.21. The van der Waals surface area contributed by atoms with Gasteiger partial charge in [-0.2, -0.15) is 5.10 Å². The van der Waals surface area contributed by atoms with E-state index in [1.54, 1.807) is 29.1 Å². The Labute approximate surface area is 207 Å². The van der Waals surface area contributed by atoms with E-state index in [1.165, 1.54) is 11.1 Å². The van der Waals surface area contributed by atoms with Gasteiger partial charge >= 0.3 is 5.97 Å². The van der Waals surface area contributed by atoms with Gasteiger partial charge in [0, 0.05) is 27.7 Å². The van der Waals surface area contributed by atoms with Crippen LogP contribution in [-0.2, 0) is 24.1 Å². The first-order valence-corrected chi connectivity index (χ1v) is 12.1. The Morgan fingerprint density at radius 3 is 2.71 bits per heavy atom. The lowest BCUT2D eigenvalue weighted by atomic mass is 10.0. The van der Waals surface area contributed by atoms with E-state index in [1.807, 2.05) is 6.07 Å². The molecule has 0 saturated carbocycles. The second-order valence-electron chi connectivity index (χ2n) is 8.64. The highest BCUT2D eigenvalue weighted by molar-refractivity contribution is 6.34. The van der Waals surface area contributed by atoms with Gasteiger partial charge in [0.2, 0.25) is 0 Å². The highest BCUT2D eigenvalue weighted by Crippen LogP contribution is 2.31. The van der Waals surface area contributed by atoms with E-state index in [0.717, 1.165) is 54.6 Å². The molecule has 34 heavy (non-hydrogen) atoms. The molecule has 1 aliphatic rings. The van der Waals surface area contributed by atoms with E-state index >= 15 is 0 Å². The zero-order chi connectivity index (χ0) is 23.7. The van der Waals surface area contributed by atoms with E-state index in [9.17, 15) is 9.90 Å².